The molecule has 0 bridgehead atoms. The molecule has 17 heavy (non-hydrogen) atoms. The largest absolute Gasteiger partial charge is 0.387 e. The van der Waals surface area contributed by atoms with Crippen LogP contribution in [0.1, 0.15) is 20.3 Å². The van der Waals surface area contributed by atoms with Crippen molar-refractivity contribution in [2.24, 2.45) is 0 Å². The van der Waals surface area contributed by atoms with E-state index in [1.54, 1.807) is 7.05 Å². The lowest BCUT2D eigenvalue weighted by molar-refractivity contribution is 0.0449. The van der Waals surface area contributed by atoms with E-state index in [0.717, 1.165) is 6.54 Å². The predicted octanol–water partition coefficient (Wildman–Crippen LogP) is -0.772. The highest BCUT2D eigenvalue weighted by Gasteiger charge is 2.36. The van der Waals surface area contributed by atoms with Gasteiger partial charge in [-0.25, -0.2) is 0 Å². The predicted molar refractivity (Wildman–Crippen MR) is 66.9 cm³/mol. The third-order valence-corrected chi connectivity index (χ3v) is 5.29. The molecule has 1 atom stereocenters. The smallest absolute Gasteiger partial charge is 0.281 e. The Labute approximate surface area is 104 Å². The number of aliphatic hydroxyl groups is 1. The van der Waals surface area contributed by atoms with Crippen LogP contribution in [0.4, 0.5) is 0 Å². The summed E-state index contributed by atoms with van der Waals surface area (Å²) in [5, 5.41) is 13.2. The Kier molecular flexibility index (Phi) is 4.54. The molecule has 0 spiro atoms. The molecule has 0 amide bonds. The summed E-state index contributed by atoms with van der Waals surface area (Å²) >= 11 is 0. The molecular weight excluding hydrogens is 242 g/mol. The minimum absolute atomic E-state index is 0.0983. The van der Waals surface area contributed by atoms with Crippen molar-refractivity contribution >= 4 is 10.2 Å². The van der Waals surface area contributed by atoms with Crippen molar-refractivity contribution in [2.75, 3.05) is 33.7 Å². The molecule has 0 aromatic carbocycles. The lowest BCUT2D eigenvalue weighted by atomic mass is 10.0. The van der Waals surface area contributed by atoms with E-state index in [9.17, 15) is 13.5 Å². The maximum absolute atomic E-state index is 12.1. The van der Waals surface area contributed by atoms with Gasteiger partial charge in [-0.2, -0.15) is 17.0 Å². The third-order valence-electron chi connectivity index (χ3n) is 3.22. The number of hydrogen-bond donors (Lipinski definition) is 2. The van der Waals surface area contributed by atoms with Crippen LogP contribution in [-0.4, -0.2) is 67.5 Å². The van der Waals surface area contributed by atoms with Crippen LogP contribution in [0.15, 0.2) is 0 Å². The number of β-amino-alcohol motifs (C(OH)–C–C–N with tert-alkyl or cyclic N) is 1. The van der Waals surface area contributed by atoms with Gasteiger partial charge in [0.1, 0.15) is 0 Å². The average molecular weight is 265 g/mol. The molecule has 102 valence electrons. The molecule has 1 fully saturated rings. The summed E-state index contributed by atoms with van der Waals surface area (Å²) in [7, 11) is -0.431. The molecule has 1 aliphatic heterocycles. The topological polar surface area (TPSA) is 72.9 Å². The molecule has 1 aliphatic rings. The van der Waals surface area contributed by atoms with Crippen LogP contribution >= 0.6 is 0 Å². The van der Waals surface area contributed by atoms with Gasteiger partial charge in [0.2, 0.25) is 0 Å². The summed E-state index contributed by atoms with van der Waals surface area (Å²) in [6, 6.07) is -0.0983. The lowest BCUT2D eigenvalue weighted by Gasteiger charge is -2.31. The van der Waals surface area contributed by atoms with Crippen LogP contribution in [0.3, 0.4) is 0 Å². The average Bonchev–Trinajstić information content (AvgIpc) is 2.63. The van der Waals surface area contributed by atoms with Crippen LogP contribution in [0.2, 0.25) is 0 Å². The van der Waals surface area contributed by atoms with Gasteiger partial charge in [0.15, 0.2) is 0 Å². The highest BCUT2D eigenvalue weighted by Crippen LogP contribution is 2.18. The molecule has 7 heteroatoms. The van der Waals surface area contributed by atoms with Crippen molar-refractivity contribution in [2.45, 2.75) is 31.9 Å². The Morgan fingerprint density at radius 3 is 2.41 bits per heavy atom. The van der Waals surface area contributed by atoms with Crippen LogP contribution < -0.4 is 5.32 Å². The number of nitrogens with one attached hydrogen (secondary N) is 1. The van der Waals surface area contributed by atoms with Gasteiger partial charge < -0.3 is 10.4 Å². The van der Waals surface area contributed by atoms with Crippen molar-refractivity contribution < 1.29 is 13.5 Å². The summed E-state index contributed by atoms with van der Waals surface area (Å²) in [6.07, 6.45) is 0.582. The van der Waals surface area contributed by atoms with E-state index < -0.39 is 15.8 Å². The molecular formula is C10H23N3O3S. The summed E-state index contributed by atoms with van der Waals surface area (Å²) < 4.78 is 26.8. The fraction of sp³-hybridized carbons (Fsp3) is 1.00. The monoisotopic (exact) mass is 265 g/mol. The molecule has 1 saturated heterocycles. The van der Waals surface area contributed by atoms with E-state index in [0.29, 0.717) is 13.0 Å². The second-order valence-corrected chi connectivity index (χ2v) is 7.12. The standard InChI is InChI=1S/C10H23N3O3S/c1-9(2)13(4)17(15,16)12(3)8-10(14)5-6-11-7-10/h9,11,14H,5-8H2,1-4H3. The maximum Gasteiger partial charge on any atom is 0.281 e. The Morgan fingerprint density at radius 1 is 1.41 bits per heavy atom. The molecule has 0 saturated carbocycles. The van der Waals surface area contributed by atoms with Gasteiger partial charge in [-0.1, -0.05) is 0 Å². The zero-order chi connectivity index (χ0) is 13.3. The van der Waals surface area contributed by atoms with Gasteiger partial charge in [0.25, 0.3) is 10.2 Å². The SMILES string of the molecule is CC(C)N(C)S(=O)(=O)N(C)CC1(O)CCNC1. The molecule has 0 aliphatic carbocycles. The van der Waals surface area contributed by atoms with Crippen molar-refractivity contribution in [1.29, 1.82) is 0 Å². The summed E-state index contributed by atoms with van der Waals surface area (Å²) in [5.74, 6) is 0. The van der Waals surface area contributed by atoms with E-state index >= 15 is 0 Å². The van der Waals surface area contributed by atoms with Gasteiger partial charge in [-0.15, -0.1) is 0 Å². The Bertz CT molecular complexity index is 350. The van der Waals surface area contributed by atoms with Gasteiger partial charge >= 0.3 is 0 Å². The second kappa shape index (κ2) is 5.19. The number of hydrogen-bond acceptors (Lipinski definition) is 4. The second-order valence-electron chi connectivity index (χ2n) is 5.02. The van der Waals surface area contributed by atoms with Gasteiger partial charge in [0, 0.05) is 33.2 Å². The van der Waals surface area contributed by atoms with E-state index in [-0.39, 0.29) is 12.6 Å². The van der Waals surface area contributed by atoms with Crippen LogP contribution in [0.5, 0.6) is 0 Å². The summed E-state index contributed by atoms with van der Waals surface area (Å²) in [5.41, 5.74) is -0.945. The minimum atomic E-state index is -3.48. The van der Waals surface area contributed by atoms with Crippen LogP contribution in [0, 0.1) is 0 Å². The first-order valence-corrected chi connectivity index (χ1v) is 7.21. The summed E-state index contributed by atoms with van der Waals surface area (Å²) in [6.45, 7) is 4.93. The zero-order valence-corrected chi connectivity index (χ0v) is 11.8. The van der Waals surface area contributed by atoms with Gasteiger partial charge in [0.05, 0.1) is 5.60 Å². The van der Waals surface area contributed by atoms with Crippen molar-refractivity contribution in [1.82, 2.24) is 13.9 Å². The Hall–Kier alpha value is -0.210. The first kappa shape index (κ1) is 14.8. The summed E-state index contributed by atoms with van der Waals surface area (Å²) in [4.78, 5) is 0. The lowest BCUT2D eigenvalue weighted by Crippen LogP contribution is -2.50. The maximum atomic E-state index is 12.1. The quantitative estimate of drug-likeness (QED) is 0.684. The Balaban J connectivity index is 2.72. The third kappa shape index (κ3) is 3.38. The molecule has 1 heterocycles. The molecule has 1 unspecified atom stereocenters. The van der Waals surface area contributed by atoms with E-state index in [1.807, 2.05) is 13.8 Å². The normalized spacial score (nSPS) is 26.4. The highest BCUT2D eigenvalue weighted by molar-refractivity contribution is 7.86. The Morgan fingerprint density at radius 2 is 2.00 bits per heavy atom. The fourth-order valence-electron chi connectivity index (χ4n) is 1.85. The van der Waals surface area contributed by atoms with Crippen molar-refractivity contribution in [3.63, 3.8) is 0 Å². The van der Waals surface area contributed by atoms with E-state index in [1.165, 1.54) is 15.7 Å². The van der Waals surface area contributed by atoms with E-state index in [4.69, 9.17) is 0 Å². The first-order chi connectivity index (χ1) is 7.69. The van der Waals surface area contributed by atoms with Gasteiger partial charge in [-0.05, 0) is 26.8 Å². The van der Waals surface area contributed by atoms with Crippen molar-refractivity contribution in [3.8, 4) is 0 Å². The molecule has 1 rings (SSSR count). The fourth-order valence-corrected chi connectivity index (χ4v) is 3.22. The van der Waals surface area contributed by atoms with Crippen molar-refractivity contribution in [3.05, 3.63) is 0 Å². The van der Waals surface area contributed by atoms with Gasteiger partial charge in [-0.3, -0.25) is 0 Å². The molecule has 0 radical (unpaired) electrons. The molecule has 0 aromatic rings. The molecule has 2 N–H and O–H groups in total. The number of rotatable bonds is 5. The number of likely N-dealkylation sites (N-methyl/N-ethyl adjacent to an activating group) is 1. The number of nitrogens with zero attached hydrogens (tertiary/aromatic N) is 2. The minimum Gasteiger partial charge on any atom is -0.387 e. The molecule has 0 aromatic heterocycles. The highest BCUT2D eigenvalue weighted by atomic mass is 32.2. The van der Waals surface area contributed by atoms with Crippen LogP contribution in [-0.2, 0) is 10.2 Å². The van der Waals surface area contributed by atoms with Crippen LogP contribution in [0.25, 0.3) is 0 Å². The zero-order valence-electron chi connectivity index (χ0n) is 11.0. The van der Waals surface area contributed by atoms with E-state index in [2.05, 4.69) is 5.32 Å². The molecule has 6 nitrogen and oxygen atoms in total. The first-order valence-electron chi connectivity index (χ1n) is 5.81.